The molecule has 112 valence electrons. The lowest BCUT2D eigenvalue weighted by molar-refractivity contribution is 0.382. The number of nitrogens with one attached hydrogen (secondary N) is 1. The van der Waals surface area contributed by atoms with Gasteiger partial charge in [0.2, 0.25) is 0 Å². The summed E-state index contributed by atoms with van der Waals surface area (Å²) in [6.07, 6.45) is 3.67. The van der Waals surface area contributed by atoms with Crippen molar-refractivity contribution in [3.05, 3.63) is 28.5 Å². The van der Waals surface area contributed by atoms with Crippen molar-refractivity contribution in [1.29, 1.82) is 0 Å². The number of nitrogens with two attached hydrogens (primary N) is 1. The van der Waals surface area contributed by atoms with Crippen LogP contribution >= 0.6 is 15.9 Å². The predicted octanol–water partition coefficient (Wildman–Crippen LogP) is 2.78. The third-order valence-electron chi connectivity index (χ3n) is 3.95. The van der Waals surface area contributed by atoms with Crippen LogP contribution in [0.5, 0.6) is 0 Å². The van der Waals surface area contributed by atoms with E-state index in [2.05, 4.69) is 48.8 Å². The summed E-state index contributed by atoms with van der Waals surface area (Å²) < 4.78 is 3.22. The average Bonchev–Trinajstić information content (AvgIpc) is 2.77. The van der Waals surface area contributed by atoms with Crippen LogP contribution in [0, 0.1) is 0 Å². The molecule has 21 heavy (non-hydrogen) atoms. The van der Waals surface area contributed by atoms with Gasteiger partial charge in [0.15, 0.2) is 5.96 Å². The fourth-order valence-corrected chi connectivity index (χ4v) is 2.94. The molecule has 2 aromatic rings. The van der Waals surface area contributed by atoms with Gasteiger partial charge < -0.3 is 15.6 Å². The Hall–Kier alpha value is -1.56. The Balaban J connectivity index is 1.80. The van der Waals surface area contributed by atoms with Gasteiger partial charge in [0.05, 0.1) is 11.0 Å². The average molecular weight is 350 g/mol. The van der Waals surface area contributed by atoms with Gasteiger partial charge in [-0.2, -0.15) is 0 Å². The van der Waals surface area contributed by atoms with E-state index in [9.17, 15) is 0 Å². The maximum Gasteiger partial charge on any atom is 0.189 e. The summed E-state index contributed by atoms with van der Waals surface area (Å²) in [5, 5.41) is 3.25. The number of guanidine groups is 1. The Bertz CT molecular complexity index is 672. The first-order valence-electron chi connectivity index (χ1n) is 7.38. The number of halogens is 1. The predicted molar refractivity (Wildman–Crippen MR) is 89.2 cm³/mol. The fraction of sp³-hybridized carbons (Fsp3) is 0.467. The number of fused-ring (bicyclic) bond motifs is 1. The Morgan fingerprint density at radius 2 is 2.33 bits per heavy atom. The maximum absolute atomic E-state index is 5.94. The van der Waals surface area contributed by atoms with Crippen LogP contribution in [0.15, 0.2) is 27.7 Å². The molecule has 0 spiro atoms. The van der Waals surface area contributed by atoms with E-state index in [1.165, 1.54) is 19.3 Å². The summed E-state index contributed by atoms with van der Waals surface area (Å²) in [5.74, 6) is 1.47. The highest BCUT2D eigenvalue weighted by Crippen LogP contribution is 2.21. The van der Waals surface area contributed by atoms with Crippen molar-refractivity contribution in [3.63, 3.8) is 0 Å². The highest BCUT2D eigenvalue weighted by atomic mass is 79.9. The minimum absolute atomic E-state index is 0.506. The van der Waals surface area contributed by atoms with E-state index >= 15 is 0 Å². The summed E-state index contributed by atoms with van der Waals surface area (Å²) in [5.41, 5.74) is 8.06. The molecular formula is C15H20BrN5. The number of hydrogen-bond acceptors (Lipinski definition) is 2. The molecule has 1 aromatic heterocycles. The fourth-order valence-electron chi connectivity index (χ4n) is 2.59. The Labute approximate surface area is 132 Å². The van der Waals surface area contributed by atoms with Crippen LogP contribution < -0.4 is 11.1 Å². The largest absolute Gasteiger partial charge is 0.370 e. The van der Waals surface area contributed by atoms with Crippen LogP contribution in [-0.4, -0.2) is 21.6 Å². The van der Waals surface area contributed by atoms with Crippen molar-refractivity contribution < 1.29 is 0 Å². The Morgan fingerprint density at radius 1 is 1.52 bits per heavy atom. The smallest absolute Gasteiger partial charge is 0.189 e. The normalized spacial score (nSPS) is 16.2. The van der Waals surface area contributed by atoms with Crippen molar-refractivity contribution >= 4 is 32.9 Å². The molecule has 1 saturated carbocycles. The summed E-state index contributed by atoms with van der Waals surface area (Å²) in [6, 6.07) is 6.66. The number of rotatable bonds is 4. The molecule has 0 unspecified atom stereocenters. The van der Waals surface area contributed by atoms with Crippen molar-refractivity contribution in [2.24, 2.45) is 10.7 Å². The molecule has 1 aliphatic carbocycles. The highest BCUT2D eigenvalue weighted by Gasteiger charge is 2.17. The van der Waals surface area contributed by atoms with Crippen LogP contribution in [0.2, 0.25) is 0 Å². The molecule has 3 N–H and O–H groups in total. The van der Waals surface area contributed by atoms with Crippen molar-refractivity contribution in [2.75, 3.05) is 0 Å². The molecule has 6 heteroatoms. The van der Waals surface area contributed by atoms with Gasteiger partial charge >= 0.3 is 0 Å². The van der Waals surface area contributed by atoms with E-state index in [4.69, 9.17) is 5.73 Å². The van der Waals surface area contributed by atoms with E-state index in [-0.39, 0.29) is 0 Å². The zero-order valence-corrected chi connectivity index (χ0v) is 13.7. The Morgan fingerprint density at radius 3 is 3.00 bits per heavy atom. The molecule has 1 aromatic carbocycles. The van der Waals surface area contributed by atoms with E-state index in [1.807, 2.05) is 12.1 Å². The van der Waals surface area contributed by atoms with Gasteiger partial charge in [-0.05, 0) is 44.4 Å². The molecule has 1 aliphatic rings. The number of benzene rings is 1. The van der Waals surface area contributed by atoms with Gasteiger partial charge in [0.25, 0.3) is 0 Å². The zero-order valence-electron chi connectivity index (χ0n) is 12.1. The standard InChI is InChI=1S/C15H20BrN5/c1-2-21-13-7-6-10(16)8-12(13)20-14(21)9-18-15(17)19-11-4-3-5-11/h6-8,11H,2-5,9H2,1H3,(H3,17,18,19). The molecule has 1 heterocycles. The quantitative estimate of drug-likeness (QED) is 0.658. The second-order valence-corrected chi connectivity index (χ2v) is 6.29. The van der Waals surface area contributed by atoms with Crippen LogP contribution in [0.25, 0.3) is 11.0 Å². The zero-order chi connectivity index (χ0) is 14.8. The van der Waals surface area contributed by atoms with Gasteiger partial charge in [-0.1, -0.05) is 15.9 Å². The van der Waals surface area contributed by atoms with Crippen LogP contribution in [-0.2, 0) is 13.1 Å². The number of aryl methyl sites for hydroxylation is 1. The number of aromatic nitrogens is 2. The second kappa shape index (κ2) is 6.05. The minimum atomic E-state index is 0.506. The molecule has 0 amide bonds. The topological polar surface area (TPSA) is 68.2 Å². The lowest BCUT2D eigenvalue weighted by Gasteiger charge is -2.26. The summed E-state index contributed by atoms with van der Waals surface area (Å²) >= 11 is 3.49. The van der Waals surface area contributed by atoms with Crippen LogP contribution in [0.1, 0.15) is 32.0 Å². The van der Waals surface area contributed by atoms with E-state index < -0.39 is 0 Å². The number of imidazole rings is 1. The molecule has 0 radical (unpaired) electrons. The number of aliphatic imine (C=N–C) groups is 1. The summed E-state index contributed by atoms with van der Waals surface area (Å²) in [4.78, 5) is 9.10. The number of nitrogens with zero attached hydrogens (tertiary/aromatic N) is 3. The third-order valence-corrected chi connectivity index (χ3v) is 4.45. The second-order valence-electron chi connectivity index (χ2n) is 5.38. The van der Waals surface area contributed by atoms with Gasteiger partial charge in [0.1, 0.15) is 12.4 Å². The molecular weight excluding hydrogens is 330 g/mol. The lowest BCUT2D eigenvalue weighted by Crippen LogP contribution is -2.43. The molecule has 0 bridgehead atoms. The van der Waals surface area contributed by atoms with E-state index in [0.717, 1.165) is 27.9 Å². The van der Waals surface area contributed by atoms with Gasteiger partial charge in [-0.15, -0.1) is 0 Å². The van der Waals surface area contributed by atoms with Crippen molar-refractivity contribution in [2.45, 2.75) is 45.3 Å². The molecule has 5 nitrogen and oxygen atoms in total. The maximum atomic E-state index is 5.94. The SMILES string of the molecule is CCn1c(CN=C(N)NC2CCC2)nc2cc(Br)ccc21. The van der Waals surface area contributed by atoms with Gasteiger partial charge in [0, 0.05) is 17.1 Å². The van der Waals surface area contributed by atoms with Gasteiger partial charge in [-0.25, -0.2) is 9.98 Å². The first kappa shape index (κ1) is 14.4. The summed E-state index contributed by atoms with van der Waals surface area (Å²) in [7, 11) is 0. The van der Waals surface area contributed by atoms with E-state index in [0.29, 0.717) is 18.5 Å². The van der Waals surface area contributed by atoms with Crippen LogP contribution in [0.4, 0.5) is 0 Å². The molecule has 0 saturated heterocycles. The highest BCUT2D eigenvalue weighted by molar-refractivity contribution is 9.10. The summed E-state index contributed by atoms with van der Waals surface area (Å²) in [6.45, 7) is 3.50. The van der Waals surface area contributed by atoms with Crippen LogP contribution in [0.3, 0.4) is 0 Å². The van der Waals surface area contributed by atoms with Crippen molar-refractivity contribution in [3.8, 4) is 0 Å². The molecule has 0 atom stereocenters. The third kappa shape index (κ3) is 3.05. The molecule has 1 fully saturated rings. The molecule has 3 rings (SSSR count). The number of hydrogen-bond donors (Lipinski definition) is 2. The minimum Gasteiger partial charge on any atom is -0.370 e. The van der Waals surface area contributed by atoms with Crippen molar-refractivity contribution in [1.82, 2.24) is 14.9 Å². The first-order valence-corrected chi connectivity index (χ1v) is 8.18. The lowest BCUT2D eigenvalue weighted by atomic mass is 9.93. The molecule has 0 aliphatic heterocycles. The Kier molecular flexibility index (Phi) is 4.14. The monoisotopic (exact) mass is 349 g/mol. The van der Waals surface area contributed by atoms with E-state index in [1.54, 1.807) is 0 Å². The first-order chi connectivity index (χ1) is 10.2. The van der Waals surface area contributed by atoms with Gasteiger partial charge in [-0.3, -0.25) is 0 Å².